The Morgan fingerprint density at radius 1 is 1.16 bits per heavy atom. The van der Waals surface area contributed by atoms with E-state index in [-0.39, 0.29) is 17.6 Å². The van der Waals surface area contributed by atoms with Gasteiger partial charge in [-0.15, -0.1) is 11.3 Å². The molecule has 2 aromatic carbocycles. The molecule has 0 unspecified atom stereocenters. The van der Waals surface area contributed by atoms with E-state index in [4.69, 9.17) is 5.73 Å². The summed E-state index contributed by atoms with van der Waals surface area (Å²) in [6.07, 6.45) is -4.56. The van der Waals surface area contributed by atoms with Gasteiger partial charge in [-0.2, -0.15) is 18.2 Å². The highest BCUT2D eigenvalue weighted by molar-refractivity contribution is 8.00. The van der Waals surface area contributed by atoms with E-state index in [1.54, 1.807) is 0 Å². The first-order valence-electron chi connectivity index (χ1n) is 9.14. The Kier molecular flexibility index (Phi) is 6.15. The molecule has 164 valence electrons. The van der Waals surface area contributed by atoms with Gasteiger partial charge in [-0.25, -0.2) is 9.97 Å². The van der Waals surface area contributed by atoms with Gasteiger partial charge in [0.25, 0.3) is 5.56 Å². The summed E-state index contributed by atoms with van der Waals surface area (Å²) in [6, 6.07) is 13.9. The lowest BCUT2D eigenvalue weighted by Gasteiger charge is -2.13. The van der Waals surface area contributed by atoms with Gasteiger partial charge in [-0.05, 0) is 24.3 Å². The molecule has 0 saturated heterocycles. The lowest BCUT2D eigenvalue weighted by Crippen LogP contribution is -2.24. The minimum absolute atomic E-state index is 0.119. The number of para-hydroxylation sites is 2. The fourth-order valence-corrected chi connectivity index (χ4v) is 4.75. The Labute approximate surface area is 187 Å². The predicted octanol–water partition coefficient (Wildman–Crippen LogP) is 4.75. The standard InChI is InChI=1S/C20H15F3N6OS2/c21-20(22,23)12-5-1-2-6-13(12)26-17(24)29-18-25-11(9-16(30)28-18)10-31-19-27-14-7-3-4-8-15(14)32-19/h1-9H,10H2,(H4,24,25,26,28,29,30). The Hall–Kier alpha value is -3.38. The number of alkyl halides is 3. The number of guanidine groups is 1. The van der Waals surface area contributed by atoms with Crippen LogP contribution >= 0.6 is 23.1 Å². The summed E-state index contributed by atoms with van der Waals surface area (Å²) in [7, 11) is 0. The molecule has 0 aliphatic heterocycles. The summed E-state index contributed by atoms with van der Waals surface area (Å²) in [6.45, 7) is 0. The monoisotopic (exact) mass is 476 g/mol. The molecule has 4 N–H and O–H groups in total. The number of rotatable bonds is 5. The maximum atomic E-state index is 13.1. The third kappa shape index (κ3) is 5.26. The van der Waals surface area contributed by atoms with E-state index in [2.05, 4.69) is 25.3 Å². The summed E-state index contributed by atoms with van der Waals surface area (Å²) >= 11 is 2.94. The molecular formula is C20H15F3N6OS2. The zero-order valence-corrected chi connectivity index (χ0v) is 17.8. The third-order valence-corrected chi connectivity index (χ3v) is 6.33. The molecule has 0 atom stereocenters. The minimum Gasteiger partial charge on any atom is -0.369 e. The van der Waals surface area contributed by atoms with Crippen molar-refractivity contribution in [3.8, 4) is 0 Å². The highest BCUT2D eigenvalue weighted by Gasteiger charge is 2.33. The van der Waals surface area contributed by atoms with Crippen LogP contribution in [0.1, 0.15) is 11.3 Å². The van der Waals surface area contributed by atoms with Crippen LogP contribution in [-0.4, -0.2) is 20.9 Å². The second kappa shape index (κ2) is 9.01. The first-order valence-corrected chi connectivity index (χ1v) is 10.9. The van der Waals surface area contributed by atoms with Crippen LogP contribution in [0.25, 0.3) is 10.2 Å². The summed E-state index contributed by atoms with van der Waals surface area (Å²) in [4.78, 5) is 27.1. The van der Waals surface area contributed by atoms with Crippen molar-refractivity contribution >= 4 is 50.9 Å². The number of nitrogens with one attached hydrogen (secondary N) is 2. The number of halogens is 3. The van der Waals surface area contributed by atoms with Crippen LogP contribution in [0.4, 0.5) is 24.8 Å². The van der Waals surface area contributed by atoms with Gasteiger partial charge < -0.3 is 11.1 Å². The van der Waals surface area contributed by atoms with Crippen molar-refractivity contribution in [1.29, 1.82) is 0 Å². The number of nitrogens with zero attached hydrogens (tertiary/aromatic N) is 3. The summed E-state index contributed by atoms with van der Waals surface area (Å²) in [5, 5.41) is 2.41. The van der Waals surface area contributed by atoms with Crippen molar-refractivity contribution in [3.63, 3.8) is 0 Å². The Balaban J connectivity index is 1.51. The molecule has 7 nitrogen and oxygen atoms in total. The van der Waals surface area contributed by atoms with Gasteiger partial charge in [0.2, 0.25) is 11.9 Å². The van der Waals surface area contributed by atoms with Crippen molar-refractivity contribution < 1.29 is 13.2 Å². The number of hydrogen-bond donors (Lipinski definition) is 3. The zero-order chi connectivity index (χ0) is 22.7. The highest BCUT2D eigenvalue weighted by Crippen LogP contribution is 2.34. The number of anilines is 1. The molecule has 4 rings (SSSR count). The molecule has 0 saturated carbocycles. The number of aromatic amines is 1. The third-order valence-electron chi connectivity index (χ3n) is 4.12. The van der Waals surface area contributed by atoms with Gasteiger partial charge in [0.05, 0.1) is 27.2 Å². The molecule has 2 heterocycles. The molecule has 4 aromatic rings. The number of thiazole rings is 1. The maximum absolute atomic E-state index is 13.1. The Morgan fingerprint density at radius 3 is 2.69 bits per heavy atom. The van der Waals surface area contributed by atoms with Crippen LogP contribution < -0.4 is 16.6 Å². The number of aliphatic imine (C=N–C) groups is 1. The van der Waals surface area contributed by atoms with Crippen molar-refractivity contribution in [1.82, 2.24) is 15.0 Å². The van der Waals surface area contributed by atoms with Crippen molar-refractivity contribution in [2.45, 2.75) is 16.3 Å². The maximum Gasteiger partial charge on any atom is 0.418 e. The molecule has 0 amide bonds. The Bertz CT molecular complexity index is 1320. The van der Waals surface area contributed by atoms with Crippen LogP contribution in [0.5, 0.6) is 0 Å². The fraction of sp³-hybridized carbons (Fsp3) is 0.100. The van der Waals surface area contributed by atoms with Gasteiger partial charge in [-0.1, -0.05) is 36.0 Å². The molecule has 0 aliphatic carbocycles. The van der Waals surface area contributed by atoms with Gasteiger partial charge in [0, 0.05) is 11.8 Å². The number of thioether (sulfide) groups is 1. The van der Waals surface area contributed by atoms with Crippen LogP contribution in [0.3, 0.4) is 0 Å². The molecule has 0 spiro atoms. The zero-order valence-electron chi connectivity index (χ0n) is 16.2. The minimum atomic E-state index is -4.56. The molecule has 32 heavy (non-hydrogen) atoms. The number of H-pyrrole nitrogens is 1. The normalized spacial score (nSPS) is 12.3. The average Bonchev–Trinajstić information content (AvgIpc) is 3.14. The van der Waals surface area contributed by atoms with Crippen molar-refractivity contribution in [3.05, 3.63) is 76.2 Å². The lowest BCUT2D eigenvalue weighted by molar-refractivity contribution is -0.136. The molecule has 0 aliphatic rings. The molecule has 0 radical (unpaired) electrons. The van der Waals surface area contributed by atoms with Crippen LogP contribution in [0, 0.1) is 0 Å². The van der Waals surface area contributed by atoms with Gasteiger partial charge in [0.1, 0.15) is 0 Å². The smallest absolute Gasteiger partial charge is 0.369 e. The number of fused-ring (bicyclic) bond motifs is 1. The van der Waals surface area contributed by atoms with Crippen LogP contribution in [0.15, 0.2) is 68.7 Å². The SMILES string of the molecule is NC(=Nc1nc(CSc2nc3ccccc3s2)cc(=O)[nH]1)Nc1ccccc1C(F)(F)F. The van der Waals surface area contributed by atoms with Gasteiger partial charge in [-0.3, -0.25) is 9.78 Å². The number of hydrogen-bond acceptors (Lipinski definition) is 6. The highest BCUT2D eigenvalue weighted by atomic mass is 32.2. The summed E-state index contributed by atoms with van der Waals surface area (Å²) in [5.41, 5.74) is 5.47. The second-order valence-corrected chi connectivity index (χ2v) is 8.72. The first kappa shape index (κ1) is 21.8. The molecule has 2 aromatic heterocycles. The van der Waals surface area contributed by atoms with E-state index < -0.39 is 17.3 Å². The lowest BCUT2D eigenvalue weighted by atomic mass is 10.1. The van der Waals surface area contributed by atoms with Crippen LogP contribution in [-0.2, 0) is 11.9 Å². The van der Waals surface area contributed by atoms with Crippen LogP contribution in [0.2, 0.25) is 0 Å². The average molecular weight is 477 g/mol. The van der Waals surface area contributed by atoms with E-state index in [1.165, 1.54) is 47.4 Å². The summed E-state index contributed by atoms with van der Waals surface area (Å²) in [5.74, 6) is -0.107. The van der Waals surface area contributed by atoms with E-state index >= 15 is 0 Å². The van der Waals surface area contributed by atoms with E-state index in [1.807, 2.05) is 24.3 Å². The first-order chi connectivity index (χ1) is 15.3. The van der Waals surface area contributed by atoms with Gasteiger partial charge in [0.15, 0.2) is 4.34 Å². The largest absolute Gasteiger partial charge is 0.418 e. The fourth-order valence-electron chi connectivity index (χ4n) is 2.79. The summed E-state index contributed by atoms with van der Waals surface area (Å²) < 4.78 is 41.3. The topological polar surface area (TPSA) is 109 Å². The van der Waals surface area contributed by atoms with Crippen molar-refractivity contribution in [2.75, 3.05) is 5.32 Å². The molecular weight excluding hydrogens is 461 g/mol. The predicted molar refractivity (Wildman–Crippen MR) is 120 cm³/mol. The molecule has 0 bridgehead atoms. The number of aromatic nitrogens is 3. The van der Waals surface area contributed by atoms with Crippen molar-refractivity contribution in [2.24, 2.45) is 10.7 Å². The van der Waals surface area contributed by atoms with E-state index in [9.17, 15) is 18.0 Å². The molecule has 12 heteroatoms. The molecule has 0 fully saturated rings. The number of benzene rings is 2. The quantitative estimate of drug-likeness (QED) is 0.218. The van der Waals surface area contributed by atoms with Gasteiger partial charge >= 0.3 is 6.18 Å². The Morgan fingerprint density at radius 2 is 1.91 bits per heavy atom. The number of nitrogens with two attached hydrogens (primary N) is 1. The van der Waals surface area contributed by atoms with E-state index in [0.29, 0.717) is 11.4 Å². The van der Waals surface area contributed by atoms with E-state index in [0.717, 1.165) is 20.6 Å². The second-order valence-electron chi connectivity index (χ2n) is 6.46.